The van der Waals surface area contributed by atoms with E-state index in [1.54, 1.807) is 0 Å². The summed E-state index contributed by atoms with van der Waals surface area (Å²) in [7, 11) is 0. The lowest BCUT2D eigenvalue weighted by Crippen LogP contribution is -2.23. The second-order valence-electron chi connectivity index (χ2n) is 4.39. The molecule has 1 aliphatic rings. The molecule has 0 bridgehead atoms. The minimum absolute atomic E-state index is 0.344. The molecule has 0 aromatic heterocycles. The van der Waals surface area contributed by atoms with E-state index in [0.717, 1.165) is 25.4 Å². The van der Waals surface area contributed by atoms with E-state index in [1.807, 2.05) is 0 Å². The predicted molar refractivity (Wildman–Crippen MR) is 58.3 cm³/mol. The maximum Gasteiger partial charge on any atom is 0.0577 e. The van der Waals surface area contributed by atoms with Crippen molar-refractivity contribution in [3.05, 3.63) is 0 Å². The molecule has 1 saturated carbocycles. The fourth-order valence-electron chi connectivity index (χ4n) is 2.32. The third-order valence-corrected chi connectivity index (χ3v) is 3.06. The molecule has 0 spiro atoms. The molecule has 0 aromatic carbocycles. The first kappa shape index (κ1) is 12.0. The number of ether oxygens (including phenoxy) is 1. The predicted octanol–water partition coefficient (Wildman–Crippen LogP) is 2.74. The molecule has 84 valence electrons. The Morgan fingerprint density at radius 2 is 2.21 bits per heavy atom. The molecule has 1 N–H and O–H groups in total. The number of hydrogen-bond donors (Lipinski definition) is 1. The third kappa shape index (κ3) is 4.43. The second kappa shape index (κ2) is 7.24. The lowest BCUT2D eigenvalue weighted by atomic mass is 9.84. The molecule has 0 aliphatic heterocycles. The van der Waals surface area contributed by atoms with Crippen molar-refractivity contribution in [3.63, 3.8) is 0 Å². The van der Waals surface area contributed by atoms with E-state index in [2.05, 4.69) is 6.92 Å². The lowest BCUT2D eigenvalue weighted by Gasteiger charge is -2.29. The van der Waals surface area contributed by atoms with Crippen molar-refractivity contribution < 1.29 is 9.84 Å². The van der Waals surface area contributed by atoms with Crippen LogP contribution in [0.15, 0.2) is 0 Å². The first-order chi connectivity index (χ1) is 6.86. The van der Waals surface area contributed by atoms with Gasteiger partial charge in [-0.05, 0) is 38.0 Å². The summed E-state index contributed by atoms with van der Waals surface area (Å²) in [5.74, 6) is 0.803. The number of rotatable bonds is 6. The molecule has 0 unspecified atom stereocenters. The maximum absolute atomic E-state index is 8.77. The molecular formula is C12H24O2. The Kier molecular flexibility index (Phi) is 6.20. The van der Waals surface area contributed by atoms with Gasteiger partial charge in [-0.3, -0.25) is 0 Å². The Bertz CT molecular complexity index is 122. The summed E-state index contributed by atoms with van der Waals surface area (Å²) in [6, 6.07) is 0. The highest BCUT2D eigenvalue weighted by atomic mass is 16.5. The first-order valence-electron chi connectivity index (χ1n) is 6.09. The monoisotopic (exact) mass is 200 g/mol. The van der Waals surface area contributed by atoms with Crippen molar-refractivity contribution in [1.82, 2.24) is 0 Å². The molecule has 0 amide bonds. The van der Waals surface area contributed by atoms with Crippen LogP contribution >= 0.6 is 0 Å². The largest absolute Gasteiger partial charge is 0.396 e. The van der Waals surface area contributed by atoms with Gasteiger partial charge in [0.1, 0.15) is 0 Å². The standard InChI is InChI=1S/C12H24O2/c1-2-9-14-12-7-3-5-11(10-12)6-4-8-13/h11-13H,2-10H2,1H3/t11-,12+/m0/s1. The molecule has 0 radical (unpaired) electrons. The quantitative estimate of drug-likeness (QED) is 0.714. The summed E-state index contributed by atoms with van der Waals surface area (Å²) in [5, 5.41) is 8.77. The van der Waals surface area contributed by atoms with Crippen molar-refractivity contribution in [2.24, 2.45) is 5.92 Å². The van der Waals surface area contributed by atoms with E-state index in [-0.39, 0.29) is 0 Å². The van der Waals surface area contributed by atoms with Crippen molar-refractivity contribution in [3.8, 4) is 0 Å². The van der Waals surface area contributed by atoms with Crippen molar-refractivity contribution >= 4 is 0 Å². The van der Waals surface area contributed by atoms with E-state index in [1.165, 1.54) is 32.1 Å². The van der Waals surface area contributed by atoms with Gasteiger partial charge in [0.2, 0.25) is 0 Å². The molecule has 14 heavy (non-hydrogen) atoms. The van der Waals surface area contributed by atoms with Crippen molar-refractivity contribution in [2.45, 2.75) is 58.0 Å². The van der Waals surface area contributed by atoms with E-state index < -0.39 is 0 Å². The fourth-order valence-corrected chi connectivity index (χ4v) is 2.32. The molecule has 1 fully saturated rings. The summed E-state index contributed by atoms with van der Waals surface area (Å²) in [6.07, 6.45) is 8.89. The Morgan fingerprint density at radius 3 is 2.93 bits per heavy atom. The van der Waals surface area contributed by atoms with Gasteiger partial charge in [-0.2, -0.15) is 0 Å². The van der Waals surface area contributed by atoms with Crippen LogP contribution in [0, 0.1) is 5.92 Å². The van der Waals surface area contributed by atoms with Crippen LogP contribution in [0.4, 0.5) is 0 Å². The number of aliphatic hydroxyl groups is 1. The summed E-state index contributed by atoms with van der Waals surface area (Å²) in [5.41, 5.74) is 0. The van der Waals surface area contributed by atoms with Crippen LogP contribution in [0.1, 0.15) is 51.9 Å². The molecule has 1 aliphatic carbocycles. The summed E-state index contributed by atoms with van der Waals surface area (Å²) < 4.78 is 5.78. The molecule has 2 heteroatoms. The Labute approximate surface area is 87.7 Å². The van der Waals surface area contributed by atoms with Crippen LogP contribution in [-0.4, -0.2) is 24.4 Å². The molecule has 2 nitrogen and oxygen atoms in total. The van der Waals surface area contributed by atoms with Crippen molar-refractivity contribution in [1.29, 1.82) is 0 Å². The average molecular weight is 200 g/mol. The van der Waals surface area contributed by atoms with E-state index in [4.69, 9.17) is 9.84 Å². The lowest BCUT2D eigenvalue weighted by molar-refractivity contribution is 0.0113. The second-order valence-corrected chi connectivity index (χ2v) is 4.39. The van der Waals surface area contributed by atoms with Gasteiger partial charge in [-0.15, -0.1) is 0 Å². The zero-order chi connectivity index (χ0) is 10.2. The molecule has 2 atom stereocenters. The van der Waals surface area contributed by atoms with Gasteiger partial charge in [0, 0.05) is 13.2 Å². The normalized spacial score (nSPS) is 27.9. The van der Waals surface area contributed by atoms with Crippen molar-refractivity contribution in [2.75, 3.05) is 13.2 Å². The van der Waals surface area contributed by atoms with Gasteiger partial charge < -0.3 is 9.84 Å². The molecule has 0 saturated heterocycles. The van der Waals surface area contributed by atoms with Crippen LogP contribution in [0.3, 0.4) is 0 Å². The molecule has 1 rings (SSSR count). The van der Waals surface area contributed by atoms with Crippen LogP contribution in [-0.2, 0) is 4.74 Å². The van der Waals surface area contributed by atoms with Crippen LogP contribution in [0.2, 0.25) is 0 Å². The topological polar surface area (TPSA) is 29.5 Å². The molecule has 0 aromatic rings. The average Bonchev–Trinajstić information content (AvgIpc) is 2.24. The Hall–Kier alpha value is -0.0800. The number of hydrogen-bond acceptors (Lipinski definition) is 2. The Morgan fingerprint density at radius 1 is 1.36 bits per heavy atom. The highest BCUT2D eigenvalue weighted by Crippen LogP contribution is 2.29. The van der Waals surface area contributed by atoms with Gasteiger partial charge in [-0.1, -0.05) is 19.8 Å². The summed E-state index contributed by atoms with van der Waals surface area (Å²) in [6.45, 7) is 3.42. The summed E-state index contributed by atoms with van der Waals surface area (Å²) in [4.78, 5) is 0. The van der Waals surface area contributed by atoms with E-state index >= 15 is 0 Å². The van der Waals surface area contributed by atoms with Gasteiger partial charge in [0.15, 0.2) is 0 Å². The smallest absolute Gasteiger partial charge is 0.0577 e. The maximum atomic E-state index is 8.77. The minimum Gasteiger partial charge on any atom is -0.396 e. The molecular weight excluding hydrogens is 176 g/mol. The van der Waals surface area contributed by atoms with Gasteiger partial charge >= 0.3 is 0 Å². The van der Waals surface area contributed by atoms with Gasteiger partial charge in [0.05, 0.1) is 6.10 Å². The zero-order valence-corrected chi connectivity index (χ0v) is 9.37. The minimum atomic E-state index is 0.344. The summed E-state index contributed by atoms with van der Waals surface area (Å²) >= 11 is 0. The van der Waals surface area contributed by atoms with E-state index in [0.29, 0.717) is 12.7 Å². The third-order valence-electron chi connectivity index (χ3n) is 3.06. The number of aliphatic hydroxyl groups excluding tert-OH is 1. The van der Waals surface area contributed by atoms with Crippen LogP contribution < -0.4 is 0 Å². The Balaban J connectivity index is 2.14. The zero-order valence-electron chi connectivity index (χ0n) is 9.37. The highest BCUT2D eigenvalue weighted by Gasteiger charge is 2.21. The highest BCUT2D eigenvalue weighted by molar-refractivity contribution is 4.73. The van der Waals surface area contributed by atoms with Gasteiger partial charge in [0.25, 0.3) is 0 Å². The SMILES string of the molecule is CCCO[C@@H]1CCC[C@@H](CCCO)C1. The van der Waals surface area contributed by atoms with Crippen LogP contribution in [0.5, 0.6) is 0 Å². The van der Waals surface area contributed by atoms with E-state index in [9.17, 15) is 0 Å². The molecule has 0 heterocycles. The van der Waals surface area contributed by atoms with Gasteiger partial charge in [-0.25, -0.2) is 0 Å². The van der Waals surface area contributed by atoms with Crippen LogP contribution in [0.25, 0.3) is 0 Å². The first-order valence-corrected chi connectivity index (χ1v) is 6.09. The fraction of sp³-hybridized carbons (Fsp3) is 1.00.